The lowest BCUT2D eigenvalue weighted by molar-refractivity contribution is -0.128. The lowest BCUT2D eigenvalue weighted by Gasteiger charge is -2.38. The number of carbonyl (C=O) groups excluding carboxylic acids is 2. The molecule has 2 heterocycles. The maximum Gasteiger partial charge on any atom is 0.256 e. The van der Waals surface area contributed by atoms with E-state index in [0.717, 1.165) is 16.5 Å². The summed E-state index contributed by atoms with van der Waals surface area (Å²) in [5.41, 5.74) is 2.54. The Labute approximate surface area is 156 Å². The number of rotatable bonds is 5. The van der Waals surface area contributed by atoms with E-state index in [4.69, 9.17) is 0 Å². The van der Waals surface area contributed by atoms with E-state index in [1.165, 1.54) is 12.1 Å². The topological polar surface area (TPSA) is 65.2 Å². The molecule has 0 aliphatic carbocycles. The average molecular weight is 365 g/mol. The van der Waals surface area contributed by atoms with Gasteiger partial charge in [0.2, 0.25) is 5.91 Å². The molecule has 2 N–H and O–H groups in total. The molecule has 0 saturated carbocycles. The Kier molecular flexibility index (Phi) is 4.62. The molecule has 6 heteroatoms. The van der Waals surface area contributed by atoms with Gasteiger partial charge >= 0.3 is 0 Å². The third-order valence-corrected chi connectivity index (χ3v) is 4.99. The van der Waals surface area contributed by atoms with Crippen molar-refractivity contribution < 1.29 is 14.0 Å². The van der Waals surface area contributed by atoms with Crippen molar-refractivity contribution in [1.29, 1.82) is 0 Å². The van der Waals surface area contributed by atoms with Gasteiger partial charge in [0.15, 0.2) is 0 Å². The molecule has 1 saturated heterocycles. The first-order valence-corrected chi connectivity index (χ1v) is 8.99. The second kappa shape index (κ2) is 7.23. The molecule has 5 nitrogen and oxygen atoms in total. The van der Waals surface area contributed by atoms with Crippen molar-refractivity contribution in [2.75, 3.05) is 19.6 Å². The standard InChI is InChI=1S/C21H20FN3O2/c22-16-7-5-14(6-8-16)9-10-23-20(26)15-12-25(13-15)21(27)18-11-24-19-4-2-1-3-17(18)19/h1-8,11,15,24H,9-10,12-13H2,(H,23,26). The van der Waals surface area contributed by atoms with Gasteiger partial charge < -0.3 is 15.2 Å². The Morgan fingerprint density at radius 1 is 1.11 bits per heavy atom. The normalized spacial score (nSPS) is 14.2. The monoisotopic (exact) mass is 365 g/mol. The number of para-hydroxylation sites is 1. The lowest BCUT2D eigenvalue weighted by atomic mass is 9.97. The summed E-state index contributed by atoms with van der Waals surface area (Å²) in [6.07, 6.45) is 2.37. The summed E-state index contributed by atoms with van der Waals surface area (Å²) in [5.74, 6) is -0.535. The van der Waals surface area contributed by atoms with Gasteiger partial charge in [0.05, 0.1) is 11.5 Å². The average Bonchev–Trinajstić information content (AvgIpc) is 3.06. The van der Waals surface area contributed by atoms with Crippen molar-refractivity contribution in [3.05, 3.63) is 71.7 Å². The summed E-state index contributed by atoms with van der Waals surface area (Å²) in [4.78, 5) is 29.7. The van der Waals surface area contributed by atoms with E-state index in [0.29, 0.717) is 31.6 Å². The Morgan fingerprint density at radius 3 is 2.63 bits per heavy atom. The Hall–Kier alpha value is -3.15. The van der Waals surface area contributed by atoms with E-state index in [1.54, 1.807) is 23.2 Å². The van der Waals surface area contributed by atoms with Crippen LogP contribution in [0.25, 0.3) is 10.9 Å². The molecule has 138 valence electrons. The van der Waals surface area contributed by atoms with Gasteiger partial charge in [-0.15, -0.1) is 0 Å². The molecule has 3 aromatic rings. The number of carbonyl (C=O) groups is 2. The number of halogens is 1. The second-order valence-electron chi connectivity index (χ2n) is 6.82. The molecule has 0 radical (unpaired) electrons. The molecule has 1 fully saturated rings. The van der Waals surface area contributed by atoms with Crippen LogP contribution in [0.3, 0.4) is 0 Å². The molecule has 2 aromatic carbocycles. The number of hydrogen-bond acceptors (Lipinski definition) is 2. The van der Waals surface area contributed by atoms with Crippen molar-refractivity contribution in [2.45, 2.75) is 6.42 Å². The summed E-state index contributed by atoms with van der Waals surface area (Å²) in [6, 6.07) is 13.9. The van der Waals surface area contributed by atoms with E-state index >= 15 is 0 Å². The number of nitrogens with one attached hydrogen (secondary N) is 2. The Morgan fingerprint density at radius 2 is 1.85 bits per heavy atom. The van der Waals surface area contributed by atoms with Crippen molar-refractivity contribution in [2.24, 2.45) is 5.92 Å². The molecule has 1 aromatic heterocycles. The fourth-order valence-corrected chi connectivity index (χ4v) is 3.35. The Bertz CT molecular complexity index is 975. The van der Waals surface area contributed by atoms with E-state index in [2.05, 4.69) is 10.3 Å². The number of nitrogens with zero attached hydrogens (tertiary/aromatic N) is 1. The lowest BCUT2D eigenvalue weighted by Crippen LogP contribution is -2.55. The smallest absolute Gasteiger partial charge is 0.256 e. The first-order chi connectivity index (χ1) is 13.1. The third-order valence-electron chi connectivity index (χ3n) is 4.99. The maximum absolute atomic E-state index is 12.9. The summed E-state index contributed by atoms with van der Waals surface area (Å²) >= 11 is 0. The molecule has 27 heavy (non-hydrogen) atoms. The van der Waals surface area contributed by atoms with E-state index in [9.17, 15) is 14.0 Å². The van der Waals surface area contributed by atoms with Gasteiger partial charge in [-0.05, 0) is 30.2 Å². The SMILES string of the molecule is O=C(NCCc1ccc(F)cc1)C1CN(C(=O)c2c[nH]c3ccccc23)C1. The number of likely N-dealkylation sites (tertiary alicyclic amines) is 1. The van der Waals surface area contributed by atoms with Gasteiger partial charge in [0, 0.05) is 36.7 Å². The highest BCUT2D eigenvalue weighted by Crippen LogP contribution is 2.24. The zero-order chi connectivity index (χ0) is 18.8. The van der Waals surface area contributed by atoms with Gasteiger partial charge in [0.25, 0.3) is 5.91 Å². The van der Waals surface area contributed by atoms with Crippen LogP contribution in [0, 0.1) is 11.7 Å². The predicted molar refractivity (Wildman–Crippen MR) is 101 cm³/mol. The van der Waals surface area contributed by atoms with Crippen LogP contribution >= 0.6 is 0 Å². The number of hydrogen-bond donors (Lipinski definition) is 2. The van der Waals surface area contributed by atoms with E-state index in [1.807, 2.05) is 24.3 Å². The van der Waals surface area contributed by atoms with E-state index in [-0.39, 0.29) is 23.5 Å². The highest BCUT2D eigenvalue weighted by Gasteiger charge is 2.36. The van der Waals surface area contributed by atoms with Crippen LogP contribution < -0.4 is 5.32 Å². The third kappa shape index (κ3) is 3.56. The predicted octanol–water partition coefficient (Wildman–Crippen LogP) is 2.74. The fraction of sp³-hybridized carbons (Fsp3) is 0.238. The second-order valence-corrected chi connectivity index (χ2v) is 6.82. The summed E-state index contributed by atoms with van der Waals surface area (Å²) in [6.45, 7) is 1.36. The van der Waals surface area contributed by atoms with E-state index < -0.39 is 0 Å². The van der Waals surface area contributed by atoms with Crippen LogP contribution in [0.5, 0.6) is 0 Å². The van der Waals surface area contributed by atoms with Gasteiger partial charge in [-0.1, -0.05) is 30.3 Å². The number of benzene rings is 2. The van der Waals surface area contributed by atoms with Gasteiger partial charge in [-0.25, -0.2) is 4.39 Å². The Balaban J connectivity index is 1.26. The number of fused-ring (bicyclic) bond motifs is 1. The van der Waals surface area contributed by atoms with Crippen LogP contribution in [-0.2, 0) is 11.2 Å². The van der Waals surface area contributed by atoms with Gasteiger partial charge in [0.1, 0.15) is 5.82 Å². The largest absolute Gasteiger partial charge is 0.360 e. The van der Waals surface area contributed by atoms with Crippen LogP contribution in [0.15, 0.2) is 54.7 Å². The number of H-pyrrole nitrogens is 1. The van der Waals surface area contributed by atoms with Gasteiger partial charge in [-0.3, -0.25) is 9.59 Å². The first kappa shape index (κ1) is 17.3. The number of amides is 2. The minimum Gasteiger partial charge on any atom is -0.360 e. The minimum absolute atomic E-state index is 0.0416. The zero-order valence-corrected chi connectivity index (χ0v) is 14.7. The summed E-state index contributed by atoms with van der Waals surface area (Å²) in [5, 5.41) is 3.79. The molecule has 0 spiro atoms. The van der Waals surface area contributed by atoms with Gasteiger partial charge in [-0.2, -0.15) is 0 Å². The molecule has 4 rings (SSSR count). The van der Waals surface area contributed by atoms with Crippen molar-refractivity contribution >= 4 is 22.7 Å². The molecule has 2 amide bonds. The van der Waals surface area contributed by atoms with Crippen molar-refractivity contribution in [3.8, 4) is 0 Å². The molecular formula is C21H20FN3O2. The molecule has 0 atom stereocenters. The molecule has 1 aliphatic heterocycles. The van der Waals surface area contributed by atoms with Crippen molar-refractivity contribution in [3.63, 3.8) is 0 Å². The highest BCUT2D eigenvalue weighted by atomic mass is 19.1. The van der Waals surface area contributed by atoms with Crippen LogP contribution in [0.1, 0.15) is 15.9 Å². The number of aromatic amines is 1. The maximum atomic E-state index is 12.9. The van der Waals surface area contributed by atoms with Crippen molar-refractivity contribution in [1.82, 2.24) is 15.2 Å². The summed E-state index contributed by atoms with van der Waals surface area (Å²) < 4.78 is 12.9. The van der Waals surface area contributed by atoms with Crippen LogP contribution in [0.4, 0.5) is 4.39 Å². The van der Waals surface area contributed by atoms with Crippen LogP contribution in [-0.4, -0.2) is 41.3 Å². The molecule has 1 aliphatic rings. The molecule has 0 unspecified atom stereocenters. The summed E-state index contributed by atoms with van der Waals surface area (Å²) in [7, 11) is 0. The quantitative estimate of drug-likeness (QED) is 0.730. The van der Waals surface area contributed by atoms with Crippen LogP contribution in [0.2, 0.25) is 0 Å². The zero-order valence-electron chi connectivity index (χ0n) is 14.7. The highest BCUT2D eigenvalue weighted by molar-refractivity contribution is 6.07. The number of aromatic nitrogens is 1. The fourth-order valence-electron chi connectivity index (χ4n) is 3.35. The first-order valence-electron chi connectivity index (χ1n) is 8.99. The minimum atomic E-state index is -0.266. The molecule has 0 bridgehead atoms. The molecular weight excluding hydrogens is 345 g/mol.